The molecule has 0 saturated heterocycles. The van der Waals surface area contributed by atoms with Gasteiger partial charge in [-0.15, -0.1) is 0 Å². The minimum atomic E-state index is -0.926. The van der Waals surface area contributed by atoms with Crippen molar-refractivity contribution in [1.82, 2.24) is 0 Å². The number of nitrogens with one attached hydrogen (secondary N) is 1. The van der Waals surface area contributed by atoms with Gasteiger partial charge in [-0.3, -0.25) is 4.79 Å². The standard InChI is InChI=1S/C14H7ClF2N2O/c15-11-6-12(16)10(5-13(11)17)14(20)19-9-3-1-2-8(4-9)7-18/h1-6H,(H,19,20). The maximum absolute atomic E-state index is 13.6. The van der Waals surface area contributed by atoms with E-state index in [0.717, 1.165) is 12.1 Å². The Balaban J connectivity index is 2.28. The first kappa shape index (κ1) is 14.0. The summed E-state index contributed by atoms with van der Waals surface area (Å²) >= 11 is 5.41. The van der Waals surface area contributed by atoms with Gasteiger partial charge in [0.15, 0.2) is 0 Å². The Kier molecular flexibility index (Phi) is 3.97. The fraction of sp³-hybridized carbons (Fsp3) is 0. The maximum atomic E-state index is 13.6. The van der Waals surface area contributed by atoms with E-state index in [-0.39, 0.29) is 0 Å². The Morgan fingerprint density at radius 1 is 1.20 bits per heavy atom. The van der Waals surface area contributed by atoms with Crippen molar-refractivity contribution in [1.29, 1.82) is 5.26 Å². The van der Waals surface area contributed by atoms with Crippen molar-refractivity contribution in [2.45, 2.75) is 0 Å². The molecule has 0 aliphatic carbocycles. The molecule has 1 N–H and O–H groups in total. The van der Waals surface area contributed by atoms with E-state index in [2.05, 4.69) is 5.32 Å². The Morgan fingerprint density at radius 2 is 1.95 bits per heavy atom. The number of amides is 1. The molecule has 0 radical (unpaired) electrons. The summed E-state index contributed by atoms with van der Waals surface area (Å²) in [7, 11) is 0. The zero-order valence-corrected chi connectivity index (χ0v) is 10.7. The molecule has 0 aliphatic rings. The van der Waals surface area contributed by atoms with Crippen LogP contribution in [0.4, 0.5) is 14.5 Å². The van der Waals surface area contributed by atoms with Crippen LogP contribution in [0.3, 0.4) is 0 Å². The van der Waals surface area contributed by atoms with Gasteiger partial charge in [0.1, 0.15) is 11.6 Å². The molecule has 0 atom stereocenters. The molecule has 0 saturated carbocycles. The molecule has 6 heteroatoms. The highest BCUT2D eigenvalue weighted by Gasteiger charge is 2.15. The summed E-state index contributed by atoms with van der Waals surface area (Å²) in [6.07, 6.45) is 0. The molecule has 0 bridgehead atoms. The minimum absolute atomic E-state index is 0.309. The third kappa shape index (κ3) is 2.92. The monoisotopic (exact) mass is 292 g/mol. The maximum Gasteiger partial charge on any atom is 0.258 e. The molecule has 2 aromatic rings. The molecular formula is C14H7ClF2N2O. The van der Waals surface area contributed by atoms with Crippen LogP contribution in [-0.4, -0.2) is 5.91 Å². The van der Waals surface area contributed by atoms with Crippen molar-refractivity contribution in [3.05, 3.63) is 64.2 Å². The summed E-state index contributed by atoms with van der Waals surface area (Å²) in [5.41, 5.74) is 0.184. The highest BCUT2D eigenvalue weighted by molar-refractivity contribution is 6.30. The zero-order chi connectivity index (χ0) is 14.7. The first-order valence-corrected chi connectivity index (χ1v) is 5.85. The van der Waals surface area contributed by atoms with Crippen LogP contribution >= 0.6 is 11.6 Å². The average molecular weight is 293 g/mol. The molecule has 1 amide bonds. The summed E-state index contributed by atoms with van der Waals surface area (Å²) < 4.78 is 26.8. The van der Waals surface area contributed by atoms with Crippen molar-refractivity contribution < 1.29 is 13.6 Å². The van der Waals surface area contributed by atoms with Crippen LogP contribution in [0.1, 0.15) is 15.9 Å². The third-order valence-electron chi connectivity index (χ3n) is 2.50. The number of nitrogens with zero attached hydrogens (tertiary/aromatic N) is 1. The van der Waals surface area contributed by atoms with E-state index in [9.17, 15) is 13.6 Å². The third-order valence-corrected chi connectivity index (χ3v) is 2.79. The van der Waals surface area contributed by atoms with Crippen LogP contribution in [-0.2, 0) is 0 Å². The number of carbonyl (C=O) groups is 1. The van der Waals surface area contributed by atoms with E-state index in [1.807, 2.05) is 6.07 Å². The van der Waals surface area contributed by atoms with Crippen LogP contribution in [0.5, 0.6) is 0 Å². The molecule has 100 valence electrons. The molecule has 0 fully saturated rings. The lowest BCUT2D eigenvalue weighted by Gasteiger charge is -2.07. The van der Waals surface area contributed by atoms with Gasteiger partial charge in [-0.25, -0.2) is 8.78 Å². The van der Waals surface area contributed by atoms with E-state index in [1.54, 1.807) is 12.1 Å². The summed E-state index contributed by atoms with van der Waals surface area (Å²) in [4.78, 5) is 11.9. The predicted octanol–water partition coefficient (Wildman–Crippen LogP) is 3.74. The number of nitriles is 1. The molecular weight excluding hydrogens is 286 g/mol. The number of carbonyl (C=O) groups excluding carboxylic acids is 1. The van der Waals surface area contributed by atoms with Gasteiger partial charge in [0.2, 0.25) is 0 Å². The van der Waals surface area contributed by atoms with Gasteiger partial charge in [-0.1, -0.05) is 17.7 Å². The highest BCUT2D eigenvalue weighted by atomic mass is 35.5. The Labute approximate surface area is 118 Å². The van der Waals surface area contributed by atoms with Gasteiger partial charge < -0.3 is 5.32 Å². The summed E-state index contributed by atoms with van der Waals surface area (Å²) in [6, 6.07) is 9.43. The first-order valence-electron chi connectivity index (χ1n) is 5.47. The van der Waals surface area contributed by atoms with Crippen molar-refractivity contribution in [3.63, 3.8) is 0 Å². The Morgan fingerprint density at radius 3 is 2.65 bits per heavy atom. The average Bonchev–Trinajstić information content (AvgIpc) is 2.43. The van der Waals surface area contributed by atoms with Crippen LogP contribution in [0, 0.1) is 23.0 Å². The fourth-order valence-corrected chi connectivity index (χ4v) is 1.71. The molecule has 0 unspecified atom stereocenters. The number of hydrogen-bond acceptors (Lipinski definition) is 2. The van der Waals surface area contributed by atoms with Crippen LogP contribution in [0.15, 0.2) is 36.4 Å². The molecule has 0 aliphatic heterocycles. The molecule has 0 spiro atoms. The second-order valence-electron chi connectivity index (χ2n) is 3.89. The van der Waals surface area contributed by atoms with E-state index < -0.39 is 28.1 Å². The molecule has 0 aromatic heterocycles. The van der Waals surface area contributed by atoms with Gasteiger partial charge in [-0.05, 0) is 30.3 Å². The number of anilines is 1. The molecule has 0 heterocycles. The Bertz CT molecular complexity index is 726. The fourth-order valence-electron chi connectivity index (χ4n) is 1.56. The lowest BCUT2D eigenvalue weighted by atomic mass is 10.1. The number of hydrogen-bond donors (Lipinski definition) is 1. The Hall–Kier alpha value is -2.45. The van der Waals surface area contributed by atoms with Crippen LogP contribution in [0.25, 0.3) is 0 Å². The quantitative estimate of drug-likeness (QED) is 0.857. The second kappa shape index (κ2) is 5.68. The van der Waals surface area contributed by atoms with Crippen LogP contribution in [0.2, 0.25) is 5.02 Å². The van der Waals surface area contributed by atoms with E-state index in [4.69, 9.17) is 16.9 Å². The zero-order valence-electron chi connectivity index (χ0n) is 9.95. The highest BCUT2D eigenvalue weighted by Crippen LogP contribution is 2.20. The normalized spacial score (nSPS) is 9.90. The van der Waals surface area contributed by atoms with Crippen molar-refractivity contribution in [2.75, 3.05) is 5.32 Å². The van der Waals surface area contributed by atoms with Gasteiger partial charge in [0.25, 0.3) is 5.91 Å². The molecule has 20 heavy (non-hydrogen) atoms. The van der Waals surface area contributed by atoms with Gasteiger partial charge in [-0.2, -0.15) is 5.26 Å². The van der Waals surface area contributed by atoms with E-state index in [1.165, 1.54) is 12.1 Å². The van der Waals surface area contributed by atoms with Gasteiger partial charge in [0, 0.05) is 5.69 Å². The van der Waals surface area contributed by atoms with E-state index >= 15 is 0 Å². The topological polar surface area (TPSA) is 52.9 Å². The van der Waals surface area contributed by atoms with E-state index in [0.29, 0.717) is 11.3 Å². The molecule has 3 nitrogen and oxygen atoms in total. The number of halogens is 3. The molecule has 2 rings (SSSR count). The SMILES string of the molecule is N#Cc1cccc(NC(=O)c2cc(F)c(Cl)cc2F)c1. The summed E-state index contributed by atoms with van der Waals surface area (Å²) in [5.74, 6) is -2.64. The van der Waals surface area contributed by atoms with Crippen LogP contribution < -0.4 is 5.32 Å². The predicted molar refractivity (Wildman–Crippen MR) is 70.5 cm³/mol. The van der Waals surface area contributed by atoms with Gasteiger partial charge in [0.05, 0.1) is 22.2 Å². The molecule has 2 aromatic carbocycles. The summed E-state index contributed by atoms with van der Waals surface area (Å²) in [6.45, 7) is 0. The minimum Gasteiger partial charge on any atom is -0.322 e. The van der Waals surface area contributed by atoms with Crippen molar-refractivity contribution in [2.24, 2.45) is 0 Å². The van der Waals surface area contributed by atoms with Crippen molar-refractivity contribution >= 4 is 23.2 Å². The first-order chi connectivity index (χ1) is 9.51. The number of benzene rings is 2. The lowest BCUT2D eigenvalue weighted by Crippen LogP contribution is -2.14. The lowest BCUT2D eigenvalue weighted by molar-refractivity contribution is 0.102. The number of rotatable bonds is 2. The largest absolute Gasteiger partial charge is 0.322 e. The summed E-state index contributed by atoms with van der Waals surface area (Å²) in [5, 5.41) is 10.7. The second-order valence-corrected chi connectivity index (χ2v) is 4.30. The van der Waals surface area contributed by atoms with Gasteiger partial charge >= 0.3 is 0 Å². The van der Waals surface area contributed by atoms with Crippen molar-refractivity contribution in [3.8, 4) is 6.07 Å². The smallest absolute Gasteiger partial charge is 0.258 e.